The van der Waals surface area contributed by atoms with Crippen LogP contribution >= 0.6 is 0 Å². The maximum absolute atomic E-state index is 13.9. The summed E-state index contributed by atoms with van der Waals surface area (Å²) in [5.74, 6) is -2.40. The van der Waals surface area contributed by atoms with Gasteiger partial charge in [0.25, 0.3) is 11.8 Å². The Morgan fingerprint density at radius 1 is 0.750 bits per heavy atom. The molecule has 1 aliphatic carbocycles. The molecule has 0 unspecified atom stereocenters. The summed E-state index contributed by atoms with van der Waals surface area (Å²) in [5, 5.41) is 24.1. The molecule has 1 aromatic heterocycles. The summed E-state index contributed by atoms with van der Waals surface area (Å²) < 4.78 is 0. The Hall–Kier alpha value is -5.75. The highest BCUT2D eigenvalue weighted by Gasteiger charge is 2.27. The molecule has 1 heterocycles. The minimum Gasteiger partial charge on any atom is -0.481 e. The van der Waals surface area contributed by atoms with Crippen LogP contribution in [0.3, 0.4) is 0 Å². The lowest BCUT2D eigenvalue weighted by molar-refractivity contribution is -0.140. The van der Waals surface area contributed by atoms with E-state index in [9.17, 15) is 24.0 Å². The zero-order valence-electron chi connectivity index (χ0n) is 32.5. The third-order valence-corrected chi connectivity index (χ3v) is 10.6. The molecule has 4 aromatic rings. The number of aliphatic carboxylic acids is 1. The van der Waals surface area contributed by atoms with E-state index in [1.807, 2.05) is 54.6 Å². The second-order valence-electron chi connectivity index (χ2n) is 14.5. The highest BCUT2D eigenvalue weighted by molar-refractivity contribution is 6.13. The van der Waals surface area contributed by atoms with Crippen molar-refractivity contribution in [2.75, 3.05) is 30.8 Å². The molecule has 0 fully saturated rings. The molecule has 12 nitrogen and oxygen atoms in total. The molecule has 12 heteroatoms. The lowest BCUT2D eigenvalue weighted by Crippen LogP contribution is -2.41. The van der Waals surface area contributed by atoms with Crippen molar-refractivity contribution in [2.45, 2.75) is 90.6 Å². The second-order valence-corrected chi connectivity index (χ2v) is 14.5. The fourth-order valence-corrected chi connectivity index (χ4v) is 7.31. The molecule has 0 atom stereocenters. The highest BCUT2D eigenvalue weighted by atomic mass is 16.4. The number of anilines is 2. The number of fused-ring (bicyclic) bond motifs is 1. The quantitative estimate of drug-likeness (QED) is 0.0668. The van der Waals surface area contributed by atoms with Gasteiger partial charge in [-0.1, -0.05) is 50.2 Å². The molecule has 0 saturated carbocycles. The molecule has 0 saturated heterocycles. The number of carboxylic acid groups (broad SMARTS) is 2. The molecule has 0 bridgehead atoms. The lowest BCUT2D eigenvalue weighted by Gasteiger charge is -2.32. The highest BCUT2D eigenvalue weighted by Crippen LogP contribution is 2.31. The standard InChI is InChI=1S/C44H53N5O7/c1-4-35(5-2)49(26-25-48(3)38(50)23-24-39(51)52)28-31-9-8-10-33(27-31)42(53)47-41-40(36-11-6-7-12-37(36)46-41)43(54)45-34-21-17-30(18-22-34)14-13-29-15-19-32(20-16-29)44(55)56/h8-10,15-22,27,35,46H,4-7,11-14,23-26,28H2,1-3H3,(H,45,54)(H,47,53)(H,51,52)(H,55,56). The summed E-state index contributed by atoms with van der Waals surface area (Å²) in [7, 11) is 1.69. The van der Waals surface area contributed by atoms with Crippen LogP contribution in [0.2, 0.25) is 0 Å². The maximum Gasteiger partial charge on any atom is 0.335 e. The smallest absolute Gasteiger partial charge is 0.335 e. The van der Waals surface area contributed by atoms with E-state index in [0.717, 1.165) is 79.3 Å². The first kappa shape index (κ1) is 41.4. The first-order valence-corrected chi connectivity index (χ1v) is 19.5. The molecular weight excluding hydrogens is 711 g/mol. The van der Waals surface area contributed by atoms with Crippen molar-refractivity contribution in [1.82, 2.24) is 14.8 Å². The molecule has 5 rings (SSSR count). The van der Waals surface area contributed by atoms with E-state index < -0.39 is 11.9 Å². The number of benzene rings is 3. The predicted octanol–water partition coefficient (Wildman–Crippen LogP) is 7.20. The number of hydrogen-bond donors (Lipinski definition) is 5. The van der Waals surface area contributed by atoms with Gasteiger partial charge < -0.3 is 30.7 Å². The number of aromatic nitrogens is 1. The predicted molar refractivity (Wildman–Crippen MR) is 216 cm³/mol. The minimum absolute atomic E-state index is 0.0365. The van der Waals surface area contributed by atoms with Crippen molar-refractivity contribution in [1.29, 1.82) is 0 Å². The minimum atomic E-state index is -0.996. The fraction of sp³-hybridized carbons (Fsp3) is 0.386. The number of amides is 3. The van der Waals surface area contributed by atoms with Crippen LogP contribution in [0.5, 0.6) is 0 Å². The largest absolute Gasteiger partial charge is 0.481 e. The van der Waals surface area contributed by atoms with Gasteiger partial charge in [0.2, 0.25) is 5.91 Å². The third-order valence-electron chi connectivity index (χ3n) is 10.6. The molecule has 0 radical (unpaired) electrons. The number of carboxylic acids is 2. The number of carbonyl (C=O) groups excluding carboxylic acids is 3. The van der Waals surface area contributed by atoms with Crippen LogP contribution in [-0.2, 0) is 41.8 Å². The summed E-state index contributed by atoms with van der Waals surface area (Å²) >= 11 is 0. The van der Waals surface area contributed by atoms with Crippen molar-refractivity contribution in [2.24, 2.45) is 0 Å². The van der Waals surface area contributed by atoms with Gasteiger partial charge in [-0.05, 0) is 110 Å². The van der Waals surface area contributed by atoms with Crippen LogP contribution in [0.4, 0.5) is 11.5 Å². The number of carbonyl (C=O) groups is 5. The van der Waals surface area contributed by atoms with Gasteiger partial charge in [0.05, 0.1) is 17.5 Å². The Kier molecular flexibility index (Phi) is 14.6. The number of aromatic carboxylic acids is 1. The average Bonchev–Trinajstić information content (AvgIpc) is 3.57. The number of nitrogens with zero attached hydrogens (tertiary/aromatic N) is 2. The van der Waals surface area contributed by atoms with E-state index in [-0.39, 0.29) is 42.2 Å². The van der Waals surface area contributed by atoms with Crippen LogP contribution in [0.25, 0.3) is 0 Å². The van der Waals surface area contributed by atoms with E-state index in [1.54, 1.807) is 30.1 Å². The summed E-state index contributed by atoms with van der Waals surface area (Å²) in [6.45, 7) is 5.86. The molecule has 3 aromatic carbocycles. The molecular formula is C44H53N5O7. The van der Waals surface area contributed by atoms with Crippen molar-refractivity contribution >= 4 is 41.2 Å². The lowest BCUT2D eigenvalue weighted by atomic mass is 9.94. The third kappa shape index (κ3) is 11.2. The fourth-order valence-electron chi connectivity index (χ4n) is 7.31. The van der Waals surface area contributed by atoms with Crippen LogP contribution in [0.1, 0.15) is 111 Å². The Morgan fingerprint density at radius 2 is 1.41 bits per heavy atom. The van der Waals surface area contributed by atoms with E-state index in [0.29, 0.717) is 42.3 Å². The second kappa shape index (κ2) is 19.7. The Labute approximate surface area is 328 Å². The molecule has 3 amide bonds. The van der Waals surface area contributed by atoms with Gasteiger partial charge in [-0.2, -0.15) is 0 Å². The van der Waals surface area contributed by atoms with E-state index >= 15 is 0 Å². The number of hydrogen-bond acceptors (Lipinski definition) is 6. The zero-order valence-corrected chi connectivity index (χ0v) is 32.5. The van der Waals surface area contributed by atoms with E-state index in [2.05, 4.69) is 34.4 Å². The van der Waals surface area contributed by atoms with Crippen LogP contribution < -0.4 is 10.6 Å². The monoisotopic (exact) mass is 763 g/mol. The number of likely N-dealkylation sites (N-methyl/N-ethyl adjacent to an activating group) is 1. The summed E-state index contributed by atoms with van der Waals surface area (Å²) in [6, 6.07) is 22.2. The van der Waals surface area contributed by atoms with Gasteiger partial charge in [0, 0.05) is 56.1 Å². The van der Waals surface area contributed by atoms with E-state index in [1.165, 1.54) is 0 Å². The molecule has 296 valence electrons. The van der Waals surface area contributed by atoms with E-state index in [4.69, 9.17) is 10.2 Å². The summed E-state index contributed by atoms with van der Waals surface area (Å²) in [5.41, 5.74) is 6.75. The Balaban J connectivity index is 1.25. The van der Waals surface area contributed by atoms with Gasteiger partial charge in [0.15, 0.2) is 0 Å². The zero-order chi connectivity index (χ0) is 40.2. The SMILES string of the molecule is CCC(CC)N(CCN(C)C(=O)CCC(=O)O)Cc1cccc(C(=O)Nc2[nH]c3c(c2C(=O)Nc2ccc(CCc4ccc(C(=O)O)cc4)cc2)CCCC3)c1. The molecule has 56 heavy (non-hydrogen) atoms. The van der Waals surface area contributed by atoms with Crippen molar-refractivity contribution in [3.63, 3.8) is 0 Å². The summed E-state index contributed by atoms with van der Waals surface area (Å²) in [4.78, 5) is 69.5. The number of nitrogens with one attached hydrogen (secondary N) is 3. The van der Waals surface area contributed by atoms with Gasteiger partial charge >= 0.3 is 11.9 Å². The van der Waals surface area contributed by atoms with Crippen molar-refractivity contribution in [3.05, 3.63) is 117 Å². The molecule has 1 aliphatic rings. The molecule has 0 spiro atoms. The maximum atomic E-state index is 13.9. The molecule has 0 aliphatic heterocycles. The number of rotatable bonds is 19. The Morgan fingerprint density at radius 3 is 2.05 bits per heavy atom. The topological polar surface area (TPSA) is 172 Å². The normalized spacial score (nSPS) is 12.3. The first-order chi connectivity index (χ1) is 26.9. The van der Waals surface area contributed by atoms with Crippen LogP contribution in [-0.4, -0.2) is 80.8 Å². The average molecular weight is 764 g/mol. The number of aromatic amines is 1. The van der Waals surface area contributed by atoms with Crippen molar-refractivity contribution in [3.8, 4) is 0 Å². The molecule has 5 N–H and O–H groups in total. The van der Waals surface area contributed by atoms with Gasteiger partial charge in [-0.25, -0.2) is 4.79 Å². The van der Waals surface area contributed by atoms with Gasteiger partial charge in [-0.3, -0.25) is 24.1 Å². The van der Waals surface area contributed by atoms with Crippen LogP contribution in [0.15, 0.2) is 72.8 Å². The van der Waals surface area contributed by atoms with Crippen molar-refractivity contribution < 1.29 is 34.2 Å². The van der Waals surface area contributed by atoms with Crippen LogP contribution in [0, 0.1) is 0 Å². The van der Waals surface area contributed by atoms with Gasteiger partial charge in [0.1, 0.15) is 5.82 Å². The van der Waals surface area contributed by atoms with Gasteiger partial charge in [-0.15, -0.1) is 0 Å². The first-order valence-electron chi connectivity index (χ1n) is 19.5. The number of H-pyrrole nitrogens is 1. The Bertz CT molecular complexity index is 2000. The summed E-state index contributed by atoms with van der Waals surface area (Å²) in [6.07, 6.45) is 6.57. The number of aryl methyl sites for hydroxylation is 3.